The van der Waals surface area contributed by atoms with Crippen LogP contribution >= 0.6 is 24.0 Å². The van der Waals surface area contributed by atoms with Gasteiger partial charge in [0.25, 0.3) is 0 Å². The first-order chi connectivity index (χ1) is 14.5. The maximum absolute atomic E-state index is 12.6. The van der Waals surface area contributed by atoms with Gasteiger partial charge in [0, 0.05) is 47.5 Å². The first-order valence-corrected chi connectivity index (χ1v) is 10.6. The lowest BCUT2D eigenvalue weighted by Gasteiger charge is -2.37. The summed E-state index contributed by atoms with van der Waals surface area (Å²) in [6, 6.07) is 15.4. The molecule has 31 heavy (non-hydrogen) atoms. The quantitative estimate of drug-likeness (QED) is 0.637. The third-order valence-electron chi connectivity index (χ3n) is 5.68. The van der Waals surface area contributed by atoms with Crippen LogP contribution in [-0.2, 0) is 4.79 Å². The summed E-state index contributed by atoms with van der Waals surface area (Å²) in [6.07, 6.45) is 0. The van der Waals surface area contributed by atoms with Crippen LogP contribution in [0.25, 0.3) is 22.0 Å². The molecule has 1 aromatic heterocycles. The lowest BCUT2D eigenvalue weighted by Crippen LogP contribution is -2.54. The number of hydrogen-bond donors (Lipinski definition) is 1. The Morgan fingerprint density at radius 1 is 0.968 bits per heavy atom. The zero-order valence-electron chi connectivity index (χ0n) is 17.7. The first kappa shape index (κ1) is 23.3. The van der Waals surface area contributed by atoms with Gasteiger partial charge in [-0.2, -0.15) is 0 Å². The van der Waals surface area contributed by atoms with Crippen molar-refractivity contribution < 1.29 is 4.79 Å². The number of aromatic nitrogens is 2. The molecule has 164 valence electrons. The molecule has 0 aliphatic carbocycles. The third kappa shape index (κ3) is 4.76. The smallest absolute Gasteiger partial charge is 0.239 e. The van der Waals surface area contributed by atoms with E-state index in [4.69, 9.17) is 17.3 Å². The molecular weight excluding hydrogens is 433 g/mol. The number of piperazine rings is 1. The molecule has 0 saturated carbocycles. The highest BCUT2D eigenvalue weighted by atomic mass is 35.5. The fraction of sp³-hybridized carbons (Fsp3) is 0.348. The number of anilines is 1. The van der Waals surface area contributed by atoms with Gasteiger partial charge in [-0.15, -0.1) is 22.6 Å². The summed E-state index contributed by atoms with van der Waals surface area (Å²) in [5.41, 5.74) is 7.87. The van der Waals surface area contributed by atoms with E-state index in [2.05, 4.69) is 27.2 Å². The highest BCUT2D eigenvalue weighted by molar-refractivity contribution is 6.30. The highest BCUT2D eigenvalue weighted by Gasteiger charge is 2.28. The van der Waals surface area contributed by atoms with Gasteiger partial charge in [0.05, 0.1) is 6.04 Å². The molecule has 1 aliphatic rings. The number of rotatable bonds is 4. The Bertz CT molecular complexity index is 1050. The number of amides is 1. The summed E-state index contributed by atoms with van der Waals surface area (Å²) < 4.78 is 0. The molecule has 3 aromatic rings. The Hall–Kier alpha value is -2.41. The van der Waals surface area contributed by atoms with Gasteiger partial charge < -0.3 is 15.5 Å². The van der Waals surface area contributed by atoms with Crippen LogP contribution in [0.2, 0.25) is 5.02 Å². The lowest BCUT2D eigenvalue weighted by atomic mass is 10.0. The average Bonchev–Trinajstić information content (AvgIpc) is 2.78. The monoisotopic (exact) mass is 459 g/mol. The summed E-state index contributed by atoms with van der Waals surface area (Å²) in [4.78, 5) is 16.6. The predicted molar refractivity (Wildman–Crippen MR) is 129 cm³/mol. The van der Waals surface area contributed by atoms with Gasteiger partial charge in [0.2, 0.25) is 5.91 Å². The Morgan fingerprint density at radius 3 is 2.19 bits per heavy atom. The molecule has 1 amide bonds. The largest absolute Gasteiger partial charge is 0.351 e. The number of carbonyl (C=O) groups is 1. The summed E-state index contributed by atoms with van der Waals surface area (Å²) in [5.74, 6) is 1.01. The maximum Gasteiger partial charge on any atom is 0.239 e. The minimum atomic E-state index is -0.448. The summed E-state index contributed by atoms with van der Waals surface area (Å²) >= 11 is 6.04. The molecule has 1 unspecified atom stereocenters. The molecule has 1 atom stereocenters. The van der Waals surface area contributed by atoms with E-state index < -0.39 is 6.04 Å². The van der Waals surface area contributed by atoms with E-state index in [0.717, 1.165) is 27.8 Å². The van der Waals surface area contributed by atoms with Crippen molar-refractivity contribution in [3.63, 3.8) is 0 Å². The molecule has 4 rings (SSSR count). The van der Waals surface area contributed by atoms with Gasteiger partial charge in [0.15, 0.2) is 5.82 Å². The fourth-order valence-electron chi connectivity index (χ4n) is 3.78. The molecule has 1 fully saturated rings. The Morgan fingerprint density at radius 2 is 1.58 bits per heavy atom. The average molecular weight is 460 g/mol. The van der Waals surface area contributed by atoms with Crippen LogP contribution in [0.3, 0.4) is 0 Å². The van der Waals surface area contributed by atoms with E-state index in [0.29, 0.717) is 31.2 Å². The molecule has 2 heterocycles. The Kier molecular flexibility index (Phi) is 7.36. The maximum atomic E-state index is 12.6. The van der Waals surface area contributed by atoms with Crippen molar-refractivity contribution in [1.29, 1.82) is 0 Å². The van der Waals surface area contributed by atoms with Crippen LogP contribution in [0, 0.1) is 5.92 Å². The van der Waals surface area contributed by atoms with Crippen LogP contribution in [0.4, 0.5) is 5.82 Å². The van der Waals surface area contributed by atoms with Crippen LogP contribution in [0.15, 0.2) is 48.5 Å². The minimum absolute atomic E-state index is 0. The Labute approximate surface area is 193 Å². The third-order valence-corrected chi connectivity index (χ3v) is 5.93. The number of carbonyl (C=O) groups excluding carboxylic acids is 1. The molecule has 6 nitrogen and oxygen atoms in total. The second kappa shape index (κ2) is 9.81. The summed E-state index contributed by atoms with van der Waals surface area (Å²) in [7, 11) is 0. The zero-order chi connectivity index (χ0) is 21.3. The van der Waals surface area contributed by atoms with Gasteiger partial charge in [-0.1, -0.05) is 61.8 Å². The predicted octanol–water partition coefficient (Wildman–Crippen LogP) is 4.00. The van der Waals surface area contributed by atoms with E-state index in [1.807, 2.05) is 55.1 Å². The van der Waals surface area contributed by atoms with E-state index in [9.17, 15) is 4.79 Å². The first-order valence-electron chi connectivity index (χ1n) is 10.3. The van der Waals surface area contributed by atoms with Crippen molar-refractivity contribution in [2.45, 2.75) is 19.9 Å². The second-order valence-electron chi connectivity index (χ2n) is 8.01. The van der Waals surface area contributed by atoms with Crippen LogP contribution in [0.1, 0.15) is 13.8 Å². The lowest BCUT2D eigenvalue weighted by molar-refractivity contribution is -0.133. The number of hydrogen-bond acceptors (Lipinski definition) is 5. The number of halogens is 2. The van der Waals surface area contributed by atoms with Crippen LogP contribution < -0.4 is 10.6 Å². The van der Waals surface area contributed by atoms with Gasteiger partial charge in [-0.05, 0) is 18.1 Å². The van der Waals surface area contributed by atoms with E-state index in [1.165, 1.54) is 0 Å². The minimum Gasteiger partial charge on any atom is -0.351 e. The molecule has 0 radical (unpaired) electrons. The summed E-state index contributed by atoms with van der Waals surface area (Å²) in [6.45, 7) is 6.62. The van der Waals surface area contributed by atoms with E-state index in [-0.39, 0.29) is 24.2 Å². The molecular formula is C23H27Cl2N5O. The van der Waals surface area contributed by atoms with Crippen LogP contribution in [-0.4, -0.2) is 53.2 Å². The zero-order valence-corrected chi connectivity index (χ0v) is 19.2. The van der Waals surface area contributed by atoms with E-state index in [1.54, 1.807) is 0 Å². The standard InChI is InChI=1S/C23H26ClN5O.ClH/c1-15(2)20(25)23(30)29-13-11-28(12-14-29)22-19-6-4-3-5-18(19)21(26-27-22)16-7-9-17(24)10-8-16;/h3-10,15,20H,11-14,25H2,1-2H3;1H. The molecule has 2 aromatic carbocycles. The van der Waals surface area contributed by atoms with Crippen molar-refractivity contribution in [3.8, 4) is 11.3 Å². The number of nitrogens with zero attached hydrogens (tertiary/aromatic N) is 4. The molecule has 1 saturated heterocycles. The molecule has 0 spiro atoms. The number of benzene rings is 2. The molecule has 8 heteroatoms. The topological polar surface area (TPSA) is 75.4 Å². The van der Waals surface area contributed by atoms with Crippen molar-refractivity contribution in [3.05, 3.63) is 53.6 Å². The van der Waals surface area contributed by atoms with Crippen molar-refractivity contribution in [2.24, 2.45) is 11.7 Å². The fourth-order valence-corrected chi connectivity index (χ4v) is 3.90. The molecule has 2 N–H and O–H groups in total. The van der Waals surface area contributed by atoms with Crippen molar-refractivity contribution in [2.75, 3.05) is 31.1 Å². The van der Waals surface area contributed by atoms with Gasteiger partial charge >= 0.3 is 0 Å². The van der Waals surface area contributed by atoms with Crippen LogP contribution in [0.5, 0.6) is 0 Å². The van der Waals surface area contributed by atoms with Gasteiger partial charge in [0.1, 0.15) is 5.69 Å². The number of fused-ring (bicyclic) bond motifs is 1. The van der Waals surface area contributed by atoms with Crippen molar-refractivity contribution in [1.82, 2.24) is 15.1 Å². The van der Waals surface area contributed by atoms with E-state index >= 15 is 0 Å². The van der Waals surface area contributed by atoms with Gasteiger partial charge in [-0.3, -0.25) is 4.79 Å². The molecule has 0 bridgehead atoms. The Balaban J connectivity index is 0.00000272. The summed E-state index contributed by atoms with van der Waals surface area (Å²) in [5, 5.41) is 11.9. The highest BCUT2D eigenvalue weighted by Crippen LogP contribution is 2.32. The number of nitrogens with two attached hydrogens (primary N) is 1. The normalized spacial score (nSPS) is 15.1. The SMILES string of the molecule is CC(C)C(N)C(=O)N1CCN(c2nnc(-c3ccc(Cl)cc3)c3ccccc23)CC1.Cl. The second-order valence-corrected chi connectivity index (χ2v) is 8.44. The van der Waals surface area contributed by atoms with Crippen molar-refractivity contribution >= 4 is 46.5 Å². The van der Waals surface area contributed by atoms with Gasteiger partial charge in [-0.25, -0.2) is 0 Å². The molecule has 1 aliphatic heterocycles.